The maximum Gasteiger partial charge on any atom is 0.259 e. The van der Waals surface area contributed by atoms with Gasteiger partial charge in [-0.2, -0.15) is 19.5 Å². The zero-order chi connectivity index (χ0) is 26.4. The summed E-state index contributed by atoms with van der Waals surface area (Å²) < 4.78 is 33.8. The second-order valence-corrected chi connectivity index (χ2v) is 10.1. The molecule has 2 aliphatic rings. The fourth-order valence-corrected chi connectivity index (χ4v) is 5.22. The summed E-state index contributed by atoms with van der Waals surface area (Å²) in [6, 6.07) is 6.61. The number of anilines is 2. The number of nitrogens with zero attached hydrogens (tertiary/aromatic N) is 7. The average Bonchev–Trinajstić information content (AvgIpc) is 3.55. The van der Waals surface area contributed by atoms with Gasteiger partial charge in [0, 0.05) is 36.7 Å². The number of nitrogens with two attached hydrogens (primary N) is 1. The second kappa shape index (κ2) is 9.31. The molecule has 198 valence electrons. The first-order chi connectivity index (χ1) is 18.3. The fraction of sp³-hybridized carbons (Fsp3) is 0.400. The molecular formula is C25H27F2N9O2. The first kappa shape index (κ1) is 24.2. The van der Waals surface area contributed by atoms with E-state index in [0.29, 0.717) is 36.8 Å². The van der Waals surface area contributed by atoms with Gasteiger partial charge in [-0.1, -0.05) is 6.07 Å². The molecule has 0 aliphatic carbocycles. The van der Waals surface area contributed by atoms with Crippen LogP contribution in [0.3, 0.4) is 0 Å². The van der Waals surface area contributed by atoms with Crippen LogP contribution in [-0.4, -0.2) is 72.5 Å². The van der Waals surface area contributed by atoms with Gasteiger partial charge in [0.05, 0.1) is 6.26 Å². The molecule has 0 unspecified atom stereocenters. The van der Waals surface area contributed by atoms with Crippen LogP contribution in [0.15, 0.2) is 41.0 Å². The van der Waals surface area contributed by atoms with Crippen LogP contribution in [0, 0.1) is 17.0 Å². The molecule has 38 heavy (non-hydrogen) atoms. The van der Waals surface area contributed by atoms with Crippen LogP contribution in [-0.2, 0) is 11.3 Å². The van der Waals surface area contributed by atoms with Gasteiger partial charge in [-0.05, 0) is 51.1 Å². The molecule has 0 radical (unpaired) electrons. The first-order valence-corrected chi connectivity index (χ1v) is 12.4. The minimum atomic E-state index is -0.569. The molecule has 1 amide bonds. The lowest BCUT2D eigenvalue weighted by atomic mass is 9.71. The summed E-state index contributed by atoms with van der Waals surface area (Å²) in [5.41, 5.74) is 6.62. The Morgan fingerprint density at radius 1 is 1.18 bits per heavy atom. The van der Waals surface area contributed by atoms with Crippen LogP contribution in [0.1, 0.15) is 25.3 Å². The summed E-state index contributed by atoms with van der Waals surface area (Å²) in [6.07, 6.45) is 3.36. The summed E-state index contributed by atoms with van der Waals surface area (Å²) in [5, 5.41) is 7.30. The fourth-order valence-electron chi connectivity index (χ4n) is 5.22. The predicted octanol–water partition coefficient (Wildman–Crippen LogP) is 2.56. The van der Waals surface area contributed by atoms with E-state index in [9.17, 15) is 13.6 Å². The van der Waals surface area contributed by atoms with E-state index in [4.69, 9.17) is 10.2 Å². The molecule has 2 fully saturated rings. The number of carbonyl (C=O) groups excluding carboxylic acids is 1. The molecule has 13 heteroatoms. The van der Waals surface area contributed by atoms with E-state index in [0.717, 1.165) is 32.0 Å². The Balaban J connectivity index is 1.03. The summed E-state index contributed by atoms with van der Waals surface area (Å²) in [5.74, 6) is 0.181. The molecule has 4 aromatic rings. The predicted molar refractivity (Wildman–Crippen MR) is 134 cm³/mol. The van der Waals surface area contributed by atoms with Gasteiger partial charge >= 0.3 is 0 Å². The Kier molecular flexibility index (Phi) is 5.94. The van der Waals surface area contributed by atoms with Gasteiger partial charge in [0.25, 0.3) is 5.78 Å². The standard InChI is InChI=1S/C25H27F2N9O2/c1-15(29-23-31-22(28)36-24(32-23)30-20(33-36)19-3-2-10-38-19)21(37)35-13-25(14-35)6-8-34(9-7-25)12-16-4-5-17(26)11-18(16)27/h2-5,10-11,15H,6-9,12-14H2,1H3,(H3,28,29,30,31,32,33)/t15-/m0/s1. The van der Waals surface area contributed by atoms with Crippen LogP contribution < -0.4 is 11.1 Å². The van der Waals surface area contributed by atoms with Crippen molar-refractivity contribution in [1.82, 2.24) is 34.4 Å². The van der Waals surface area contributed by atoms with Gasteiger partial charge in [-0.3, -0.25) is 9.69 Å². The van der Waals surface area contributed by atoms with E-state index >= 15 is 0 Å². The molecule has 3 aromatic heterocycles. The van der Waals surface area contributed by atoms with E-state index in [1.54, 1.807) is 19.1 Å². The van der Waals surface area contributed by atoms with Crippen LogP contribution in [0.4, 0.5) is 20.7 Å². The van der Waals surface area contributed by atoms with E-state index < -0.39 is 17.7 Å². The van der Waals surface area contributed by atoms with Crippen molar-refractivity contribution in [1.29, 1.82) is 0 Å². The van der Waals surface area contributed by atoms with Crippen molar-refractivity contribution in [2.24, 2.45) is 5.41 Å². The molecule has 0 saturated carbocycles. The number of nitrogens with one attached hydrogen (secondary N) is 1. The Morgan fingerprint density at radius 3 is 2.68 bits per heavy atom. The number of aromatic nitrogens is 5. The first-order valence-electron chi connectivity index (χ1n) is 12.4. The molecule has 11 nitrogen and oxygen atoms in total. The van der Waals surface area contributed by atoms with E-state index in [1.807, 2.05) is 4.90 Å². The third kappa shape index (κ3) is 4.53. The average molecular weight is 524 g/mol. The number of fused-ring (bicyclic) bond motifs is 1. The highest BCUT2D eigenvalue weighted by atomic mass is 19.1. The van der Waals surface area contributed by atoms with Crippen molar-refractivity contribution in [2.75, 3.05) is 37.2 Å². The van der Waals surface area contributed by atoms with Crippen LogP contribution >= 0.6 is 0 Å². The van der Waals surface area contributed by atoms with Gasteiger partial charge in [-0.25, -0.2) is 8.78 Å². The topological polar surface area (TPSA) is 131 Å². The maximum atomic E-state index is 14.0. The molecule has 1 atom stereocenters. The van der Waals surface area contributed by atoms with E-state index in [1.165, 1.54) is 22.9 Å². The minimum absolute atomic E-state index is 0.0498. The van der Waals surface area contributed by atoms with Gasteiger partial charge < -0.3 is 20.4 Å². The Labute approximate surface area is 216 Å². The highest BCUT2D eigenvalue weighted by Crippen LogP contribution is 2.41. The van der Waals surface area contributed by atoms with Crippen LogP contribution in [0.25, 0.3) is 17.4 Å². The molecule has 3 N–H and O–H groups in total. The Morgan fingerprint density at radius 2 is 1.97 bits per heavy atom. The van der Waals surface area contributed by atoms with Crippen molar-refractivity contribution in [3.05, 3.63) is 53.8 Å². The zero-order valence-electron chi connectivity index (χ0n) is 20.8. The lowest BCUT2D eigenvalue weighted by Gasteiger charge is -2.54. The van der Waals surface area contributed by atoms with Gasteiger partial charge in [0.1, 0.15) is 17.7 Å². The quantitative estimate of drug-likeness (QED) is 0.391. The zero-order valence-corrected chi connectivity index (χ0v) is 20.8. The number of nitrogen functional groups attached to an aromatic ring is 1. The Bertz CT molecular complexity index is 1470. The summed E-state index contributed by atoms with van der Waals surface area (Å²) in [4.78, 5) is 30.0. The van der Waals surface area contributed by atoms with Gasteiger partial charge in [0.2, 0.25) is 23.6 Å². The molecule has 6 rings (SSSR count). The SMILES string of the molecule is C[C@H](Nc1nc(N)n2nc(-c3ccco3)nc2n1)C(=O)N1CC2(CCN(Cc3ccc(F)cc3F)CC2)C1. The molecule has 2 saturated heterocycles. The monoisotopic (exact) mass is 523 g/mol. The number of piperidine rings is 1. The lowest BCUT2D eigenvalue weighted by molar-refractivity contribution is -0.147. The van der Waals surface area contributed by atoms with E-state index in [2.05, 4.69) is 30.3 Å². The number of hydrogen-bond donors (Lipinski definition) is 2. The van der Waals surface area contributed by atoms with Crippen molar-refractivity contribution in [3.8, 4) is 11.6 Å². The highest BCUT2D eigenvalue weighted by Gasteiger charge is 2.47. The maximum absolute atomic E-state index is 14.0. The van der Waals surface area contributed by atoms with Gasteiger partial charge in [0.15, 0.2) is 5.76 Å². The smallest absolute Gasteiger partial charge is 0.259 e. The molecule has 2 aliphatic heterocycles. The number of benzene rings is 1. The third-order valence-corrected chi connectivity index (χ3v) is 7.38. The number of amides is 1. The third-order valence-electron chi connectivity index (χ3n) is 7.38. The van der Waals surface area contributed by atoms with Crippen molar-refractivity contribution in [3.63, 3.8) is 0 Å². The number of carbonyl (C=O) groups is 1. The van der Waals surface area contributed by atoms with Gasteiger partial charge in [-0.15, -0.1) is 5.10 Å². The molecular weight excluding hydrogens is 496 g/mol. The minimum Gasteiger partial charge on any atom is -0.461 e. The number of furan rings is 1. The summed E-state index contributed by atoms with van der Waals surface area (Å²) in [7, 11) is 0. The number of hydrogen-bond acceptors (Lipinski definition) is 9. The number of likely N-dealkylation sites (tertiary alicyclic amines) is 2. The van der Waals surface area contributed by atoms with Crippen molar-refractivity contribution in [2.45, 2.75) is 32.4 Å². The largest absolute Gasteiger partial charge is 0.461 e. The lowest BCUT2D eigenvalue weighted by Crippen LogP contribution is -2.63. The van der Waals surface area contributed by atoms with Crippen LogP contribution in [0.5, 0.6) is 0 Å². The molecule has 5 heterocycles. The Hall–Kier alpha value is -4.13. The second-order valence-electron chi connectivity index (χ2n) is 10.1. The highest BCUT2D eigenvalue weighted by molar-refractivity contribution is 5.84. The normalized spacial score (nSPS) is 18.0. The summed E-state index contributed by atoms with van der Waals surface area (Å²) in [6.45, 7) is 5.17. The van der Waals surface area contributed by atoms with Crippen LogP contribution in [0.2, 0.25) is 0 Å². The van der Waals surface area contributed by atoms with E-state index in [-0.39, 0.29) is 29.0 Å². The summed E-state index contributed by atoms with van der Waals surface area (Å²) >= 11 is 0. The van der Waals surface area contributed by atoms with Crippen molar-refractivity contribution < 1.29 is 18.0 Å². The number of rotatable bonds is 6. The van der Waals surface area contributed by atoms with Crippen molar-refractivity contribution >= 4 is 23.6 Å². The molecule has 0 bridgehead atoms. The molecule has 1 spiro atoms. The molecule has 1 aromatic carbocycles. The number of halogens is 2.